The topological polar surface area (TPSA) is 64.3 Å². The number of nitrogens with two attached hydrogens (primary N) is 1. The molecular weight excluding hydrogens is 240 g/mol. The zero-order valence-corrected chi connectivity index (χ0v) is 10.5. The van der Waals surface area contributed by atoms with E-state index in [0.717, 1.165) is 11.3 Å². The van der Waals surface area contributed by atoms with Gasteiger partial charge in [0, 0.05) is 16.8 Å². The van der Waals surface area contributed by atoms with E-state index in [9.17, 15) is 4.79 Å². The number of amides is 1. The van der Waals surface area contributed by atoms with Crippen LogP contribution in [0.3, 0.4) is 0 Å². The summed E-state index contributed by atoms with van der Waals surface area (Å²) in [5.74, 6) is -0.138. The number of hydrogen-bond acceptors (Lipinski definition) is 3. The summed E-state index contributed by atoms with van der Waals surface area (Å²) in [6, 6.07) is 16.6. The third kappa shape index (κ3) is 3.64. The highest BCUT2D eigenvalue weighted by molar-refractivity contribution is 6.04. The largest absolute Gasteiger partial charge is 0.362 e. The minimum atomic E-state index is -0.138. The second kappa shape index (κ2) is 6.68. The van der Waals surface area contributed by atoms with Crippen LogP contribution in [0, 0.1) is 0 Å². The molecule has 0 heterocycles. The Balaban J connectivity index is 2.12. The quantitative estimate of drug-likeness (QED) is 0.807. The maximum atomic E-state index is 12.1. The molecular formula is C15H16N2O2. The molecule has 0 aliphatic carbocycles. The predicted molar refractivity (Wildman–Crippen MR) is 74.7 cm³/mol. The van der Waals surface area contributed by atoms with Gasteiger partial charge in [0.2, 0.25) is 0 Å². The molecule has 1 amide bonds. The lowest BCUT2D eigenvalue weighted by atomic mass is 10.1. The van der Waals surface area contributed by atoms with E-state index in [0.29, 0.717) is 12.2 Å². The fraction of sp³-hybridized carbons (Fsp3) is 0.133. The standard InChI is InChI=1S/C15H16N2O2/c16-11-19-10-13-8-4-5-9-14(13)17-15(18)12-6-2-1-3-7-12/h1-9H,10-11,16H2,(H,17,18). The third-order valence-corrected chi connectivity index (χ3v) is 2.68. The second-order valence-electron chi connectivity index (χ2n) is 3.99. The Morgan fingerprint density at radius 2 is 1.74 bits per heavy atom. The van der Waals surface area contributed by atoms with Crippen LogP contribution < -0.4 is 11.1 Å². The first-order valence-electron chi connectivity index (χ1n) is 6.03. The van der Waals surface area contributed by atoms with Gasteiger partial charge in [0.25, 0.3) is 5.91 Å². The average molecular weight is 256 g/mol. The normalized spacial score (nSPS) is 10.2. The van der Waals surface area contributed by atoms with Crippen LogP contribution in [0.1, 0.15) is 15.9 Å². The number of nitrogens with one attached hydrogen (secondary N) is 1. The van der Waals surface area contributed by atoms with Gasteiger partial charge in [0.15, 0.2) is 0 Å². The summed E-state index contributed by atoms with van der Waals surface area (Å²) in [5.41, 5.74) is 7.57. The molecule has 0 unspecified atom stereocenters. The summed E-state index contributed by atoms with van der Waals surface area (Å²) in [4.78, 5) is 12.1. The number of para-hydroxylation sites is 1. The van der Waals surface area contributed by atoms with Gasteiger partial charge >= 0.3 is 0 Å². The van der Waals surface area contributed by atoms with Crippen molar-refractivity contribution in [3.63, 3.8) is 0 Å². The molecule has 0 aromatic heterocycles. The van der Waals surface area contributed by atoms with Gasteiger partial charge in [0.1, 0.15) is 0 Å². The van der Waals surface area contributed by atoms with E-state index in [1.54, 1.807) is 12.1 Å². The summed E-state index contributed by atoms with van der Waals surface area (Å²) in [6.07, 6.45) is 0. The maximum absolute atomic E-state index is 12.1. The van der Waals surface area contributed by atoms with Crippen LogP contribution in [0.25, 0.3) is 0 Å². The Morgan fingerprint density at radius 1 is 1.05 bits per heavy atom. The van der Waals surface area contributed by atoms with Crippen molar-refractivity contribution in [1.82, 2.24) is 0 Å². The van der Waals surface area contributed by atoms with E-state index >= 15 is 0 Å². The number of carbonyl (C=O) groups is 1. The van der Waals surface area contributed by atoms with Crippen molar-refractivity contribution < 1.29 is 9.53 Å². The van der Waals surface area contributed by atoms with Crippen LogP contribution >= 0.6 is 0 Å². The van der Waals surface area contributed by atoms with Gasteiger partial charge in [-0.2, -0.15) is 0 Å². The number of anilines is 1. The van der Waals surface area contributed by atoms with Crippen molar-refractivity contribution in [2.75, 3.05) is 12.0 Å². The van der Waals surface area contributed by atoms with Crippen molar-refractivity contribution in [3.8, 4) is 0 Å². The molecule has 2 aromatic rings. The van der Waals surface area contributed by atoms with Crippen LogP contribution in [0.15, 0.2) is 54.6 Å². The van der Waals surface area contributed by atoms with E-state index in [2.05, 4.69) is 5.32 Å². The van der Waals surface area contributed by atoms with E-state index in [-0.39, 0.29) is 12.6 Å². The molecule has 4 heteroatoms. The second-order valence-corrected chi connectivity index (χ2v) is 3.99. The lowest BCUT2D eigenvalue weighted by molar-refractivity contribution is 0.102. The molecule has 3 N–H and O–H groups in total. The van der Waals surface area contributed by atoms with Crippen LogP contribution in [0.2, 0.25) is 0 Å². The zero-order valence-electron chi connectivity index (χ0n) is 10.5. The molecule has 2 rings (SSSR count). The van der Waals surface area contributed by atoms with Crippen molar-refractivity contribution in [3.05, 3.63) is 65.7 Å². The minimum absolute atomic E-state index is 0.138. The van der Waals surface area contributed by atoms with Crippen LogP contribution in [0.4, 0.5) is 5.69 Å². The molecule has 0 saturated carbocycles. The third-order valence-electron chi connectivity index (χ3n) is 2.68. The zero-order chi connectivity index (χ0) is 13.5. The Labute approximate surface area is 112 Å². The predicted octanol–water partition coefficient (Wildman–Crippen LogP) is 2.37. The SMILES string of the molecule is NCOCc1ccccc1NC(=O)c1ccccc1. The van der Waals surface area contributed by atoms with Gasteiger partial charge in [-0.3, -0.25) is 4.79 Å². The maximum Gasteiger partial charge on any atom is 0.255 e. The molecule has 0 aliphatic heterocycles. The summed E-state index contributed by atoms with van der Waals surface area (Å²) < 4.78 is 5.17. The molecule has 0 aliphatic rings. The summed E-state index contributed by atoms with van der Waals surface area (Å²) >= 11 is 0. The fourth-order valence-electron chi connectivity index (χ4n) is 1.72. The highest BCUT2D eigenvalue weighted by Gasteiger charge is 2.08. The molecule has 0 bridgehead atoms. The molecule has 0 spiro atoms. The van der Waals surface area contributed by atoms with Crippen LogP contribution in [-0.4, -0.2) is 12.6 Å². The van der Waals surface area contributed by atoms with E-state index in [1.807, 2.05) is 42.5 Å². The number of rotatable bonds is 5. The van der Waals surface area contributed by atoms with Gasteiger partial charge in [-0.15, -0.1) is 0 Å². The Morgan fingerprint density at radius 3 is 2.47 bits per heavy atom. The number of carbonyl (C=O) groups excluding carboxylic acids is 1. The van der Waals surface area contributed by atoms with Gasteiger partial charge < -0.3 is 15.8 Å². The van der Waals surface area contributed by atoms with Crippen molar-refractivity contribution in [2.45, 2.75) is 6.61 Å². The van der Waals surface area contributed by atoms with E-state index < -0.39 is 0 Å². The van der Waals surface area contributed by atoms with Crippen molar-refractivity contribution in [1.29, 1.82) is 0 Å². The smallest absolute Gasteiger partial charge is 0.255 e. The lowest BCUT2D eigenvalue weighted by Gasteiger charge is -2.10. The lowest BCUT2D eigenvalue weighted by Crippen LogP contribution is -2.14. The summed E-state index contributed by atoms with van der Waals surface area (Å²) in [5, 5.41) is 2.88. The number of ether oxygens (including phenoxy) is 1. The monoisotopic (exact) mass is 256 g/mol. The molecule has 0 atom stereocenters. The summed E-state index contributed by atoms with van der Waals surface area (Å²) in [7, 11) is 0. The molecule has 0 fully saturated rings. The first-order chi connectivity index (χ1) is 9.31. The first-order valence-corrected chi connectivity index (χ1v) is 6.03. The number of benzene rings is 2. The molecule has 0 saturated heterocycles. The van der Waals surface area contributed by atoms with Crippen molar-refractivity contribution in [2.24, 2.45) is 5.73 Å². The molecule has 2 aromatic carbocycles. The highest BCUT2D eigenvalue weighted by Crippen LogP contribution is 2.17. The van der Waals surface area contributed by atoms with Crippen LogP contribution in [0.5, 0.6) is 0 Å². The fourth-order valence-corrected chi connectivity index (χ4v) is 1.72. The summed E-state index contributed by atoms with van der Waals surface area (Å²) in [6.45, 7) is 0.530. The Bertz CT molecular complexity index is 541. The number of hydrogen-bond donors (Lipinski definition) is 2. The average Bonchev–Trinajstić information content (AvgIpc) is 2.47. The van der Waals surface area contributed by atoms with Crippen molar-refractivity contribution >= 4 is 11.6 Å². The first kappa shape index (κ1) is 13.3. The Kier molecular flexibility index (Phi) is 4.66. The minimum Gasteiger partial charge on any atom is -0.362 e. The molecule has 4 nitrogen and oxygen atoms in total. The van der Waals surface area contributed by atoms with E-state index in [4.69, 9.17) is 10.5 Å². The highest BCUT2D eigenvalue weighted by atomic mass is 16.5. The van der Waals surface area contributed by atoms with Crippen LogP contribution in [-0.2, 0) is 11.3 Å². The van der Waals surface area contributed by atoms with Gasteiger partial charge in [-0.1, -0.05) is 36.4 Å². The Hall–Kier alpha value is -2.17. The van der Waals surface area contributed by atoms with Gasteiger partial charge in [0.05, 0.1) is 13.3 Å². The van der Waals surface area contributed by atoms with E-state index in [1.165, 1.54) is 0 Å². The molecule has 98 valence electrons. The van der Waals surface area contributed by atoms with Gasteiger partial charge in [-0.05, 0) is 18.2 Å². The molecule has 0 radical (unpaired) electrons. The molecule has 19 heavy (non-hydrogen) atoms. The van der Waals surface area contributed by atoms with Gasteiger partial charge in [-0.25, -0.2) is 0 Å².